The molecule has 0 aliphatic carbocycles. The molecule has 2 aromatic rings. The van der Waals surface area contributed by atoms with Crippen molar-refractivity contribution in [3.05, 3.63) is 41.3 Å². The average Bonchev–Trinajstić information content (AvgIpc) is 3.10. The Morgan fingerprint density at radius 3 is 2.33 bits per heavy atom. The molecule has 0 spiro atoms. The van der Waals surface area contributed by atoms with Crippen LogP contribution in [0.15, 0.2) is 36.4 Å². The molecule has 0 radical (unpaired) electrons. The molecule has 1 fully saturated rings. The zero-order chi connectivity index (χ0) is 18.7. The Hall–Kier alpha value is -1.77. The number of halogens is 4. The molecule has 1 aromatic heterocycles. The van der Waals surface area contributed by atoms with Gasteiger partial charge in [-0.25, -0.2) is 0 Å². The molecule has 1 aliphatic rings. The van der Waals surface area contributed by atoms with Crippen molar-refractivity contribution in [3.8, 4) is 16.2 Å². The number of likely N-dealkylation sites (tertiary alicyclic amines) is 1. The van der Waals surface area contributed by atoms with Crippen LogP contribution in [0.4, 0.5) is 13.2 Å². The van der Waals surface area contributed by atoms with Crippen LogP contribution in [0.5, 0.6) is 5.75 Å². The maximum Gasteiger partial charge on any atom is 0.573 e. The molecule has 1 aromatic carbocycles. The van der Waals surface area contributed by atoms with E-state index >= 15 is 0 Å². The molecule has 4 nitrogen and oxygen atoms in total. The number of ether oxygens (including phenoxy) is 1. The number of carbonyl (C=O) groups is 1. The van der Waals surface area contributed by atoms with Gasteiger partial charge in [0, 0.05) is 18.0 Å². The van der Waals surface area contributed by atoms with Crippen molar-refractivity contribution in [2.75, 3.05) is 19.6 Å². The van der Waals surface area contributed by atoms with E-state index in [1.54, 1.807) is 18.2 Å². The zero-order valence-corrected chi connectivity index (χ0v) is 16.0. The van der Waals surface area contributed by atoms with E-state index in [0.717, 1.165) is 23.3 Å². The van der Waals surface area contributed by atoms with Gasteiger partial charge in [0.05, 0.1) is 4.88 Å². The van der Waals surface area contributed by atoms with Gasteiger partial charge < -0.3 is 15.4 Å². The van der Waals surface area contributed by atoms with E-state index < -0.39 is 6.36 Å². The molecule has 1 amide bonds. The van der Waals surface area contributed by atoms with Gasteiger partial charge in [0.2, 0.25) is 0 Å². The molecule has 2 N–H and O–H groups in total. The topological polar surface area (TPSA) is 55.6 Å². The van der Waals surface area contributed by atoms with E-state index in [1.165, 1.54) is 23.5 Å². The average molecular weight is 421 g/mol. The Bertz CT molecular complexity index is 757. The van der Waals surface area contributed by atoms with Gasteiger partial charge in [0.1, 0.15) is 5.75 Å². The summed E-state index contributed by atoms with van der Waals surface area (Å²) in [5.41, 5.74) is 6.42. The van der Waals surface area contributed by atoms with Crippen LogP contribution in [0.3, 0.4) is 0 Å². The quantitative estimate of drug-likeness (QED) is 0.789. The molecule has 1 aliphatic heterocycles. The van der Waals surface area contributed by atoms with Gasteiger partial charge in [0.15, 0.2) is 0 Å². The first-order valence-electron chi connectivity index (χ1n) is 8.31. The van der Waals surface area contributed by atoms with Crippen molar-refractivity contribution in [3.63, 3.8) is 0 Å². The number of rotatable bonds is 4. The van der Waals surface area contributed by atoms with Crippen molar-refractivity contribution >= 4 is 29.7 Å². The summed E-state index contributed by atoms with van der Waals surface area (Å²) in [6.45, 7) is 2.06. The number of nitrogens with two attached hydrogens (primary N) is 1. The second kappa shape index (κ2) is 8.95. The summed E-state index contributed by atoms with van der Waals surface area (Å²) in [4.78, 5) is 15.9. The predicted octanol–water partition coefficient (Wildman–Crippen LogP) is 4.55. The molecule has 0 atom stereocenters. The lowest BCUT2D eigenvalue weighted by Crippen LogP contribution is -2.39. The molecule has 9 heteroatoms. The van der Waals surface area contributed by atoms with Crippen molar-refractivity contribution in [2.24, 2.45) is 11.7 Å². The van der Waals surface area contributed by atoms with E-state index in [9.17, 15) is 18.0 Å². The fourth-order valence-corrected chi connectivity index (χ4v) is 3.94. The number of piperidine rings is 1. The number of amides is 1. The summed E-state index contributed by atoms with van der Waals surface area (Å²) in [5, 5.41) is 0. The highest BCUT2D eigenvalue weighted by atomic mass is 35.5. The molecule has 27 heavy (non-hydrogen) atoms. The van der Waals surface area contributed by atoms with Crippen molar-refractivity contribution in [2.45, 2.75) is 19.2 Å². The molecule has 3 rings (SSSR count). The van der Waals surface area contributed by atoms with Gasteiger partial charge in [-0.3, -0.25) is 4.79 Å². The van der Waals surface area contributed by atoms with Crippen LogP contribution < -0.4 is 10.5 Å². The summed E-state index contributed by atoms with van der Waals surface area (Å²) in [6, 6.07) is 9.20. The Morgan fingerprint density at radius 2 is 1.78 bits per heavy atom. The van der Waals surface area contributed by atoms with Crippen LogP contribution in [-0.2, 0) is 0 Å². The van der Waals surface area contributed by atoms with Crippen molar-refractivity contribution in [1.82, 2.24) is 4.90 Å². The van der Waals surface area contributed by atoms with Crippen molar-refractivity contribution in [1.29, 1.82) is 0 Å². The first-order chi connectivity index (χ1) is 12.4. The minimum atomic E-state index is -4.71. The number of benzene rings is 1. The lowest BCUT2D eigenvalue weighted by molar-refractivity contribution is -0.274. The minimum absolute atomic E-state index is 0. The van der Waals surface area contributed by atoms with Crippen LogP contribution in [0.2, 0.25) is 0 Å². The monoisotopic (exact) mass is 420 g/mol. The van der Waals surface area contributed by atoms with Gasteiger partial charge in [-0.1, -0.05) is 0 Å². The second-order valence-corrected chi connectivity index (χ2v) is 7.29. The Balaban J connectivity index is 0.00000261. The highest BCUT2D eigenvalue weighted by Crippen LogP contribution is 2.32. The lowest BCUT2D eigenvalue weighted by Gasteiger charge is -2.31. The molecular weight excluding hydrogens is 401 g/mol. The van der Waals surface area contributed by atoms with Gasteiger partial charge >= 0.3 is 6.36 Å². The van der Waals surface area contributed by atoms with Crippen LogP contribution in [-0.4, -0.2) is 36.8 Å². The van der Waals surface area contributed by atoms with E-state index in [4.69, 9.17) is 5.73 Å². The summed E-state index contributed by atoms with van der Waals surface area (Å²) in [7, 11) is 0. The lowest BCUT2D eigenvalue weighted by atomic mass is 9.97. The molecule has 0 saturated carbocycles. The standard InChI is InChI=1S/C18H19F3N2O2S.ClH/c19-18(20,21)25-14-3-1-13(2-4-14)15-5-6-16(26-15)17(24)23-9-7-12(11-22)8-10-23;/h1-6,12H,7-11,22H2;1H. The van der Waals surface area contributed by atoms with E-state index in [0.29, 0.717) is 30.4 Å². The number of hydrogen-bond donors (Lipinski definition) is 1. The van der Waals surface area contributed by atoms with Crippen LogP contribution in [0.1, 0.15) is 22.5 Å². The van der Waals surface area contributed by atoms with Crippen LogP contribution in [0, 0.1) is 5.92 Å². The highest BCUT2D eigenvalue weighted by Gasteiger charge is 2.31. The number of thiophene rings is 1. The smallest absolute Gasteiger partial charge is 0.406 e. The van der Waals surface area contributed by atoms with Gasteiger partial charge in [0.25, 0.3) is 5.91 Å². The summed E-state index contributed by atoms with van der Waals surface area (Å²) < 4.78 is 40.5. The van der Waals surface area contributed by atoms with Gasteiger partial charge in [-0.2, -0.15) is 0 Å². The molecule has 0 unspecified atom stereocenters. The summed E-state index contributed by atoms with van der Waals surface area (Å²) >= 11 is 1.33. The highest BCUT2D eigenvalue weighted by molar-refractivity contribution is 7.17. The zero-order valence-electron chi connectivity index (χ0n) is 14.4. The second-order valence-electron chi connectivity index (χ2n) is 6.21. The molecule has 1 saturated heterocycles. The fraction of sp³-hybridized carbons (Fsp3) is 0.389. The Morgan fingerprint density at radius 1 is 1.15 bits per heavy atom. The molecule has 2 heterocycles. The van der Waals surface area contributed by atoms with Crippen LogP contribution in [0.25, 0.3) is 10.4 Å². The van der Waals surface area contributed by atoms with Crippen LogP contribution >= 0.6 is 23.7 Å². The first kappa shape index (κ1) is 21.5. The largest absolute Gasteiger partial charge is 0.573 e. The number of alkyl halides is 3. The fourth-order valence-electron chi connectivity index (χ4n) is 2.96. The first-order valence-corrected chi connectivity index (χ1v) is 9.13. The summed E-state index contributed by atoms with van der Waals surface area (Å²) in [5.74, 6) is 0.209. The predicted molar refractivity (Wildman–Crippen MR) is 101 cm³/mol. The SMILES string of the molecule is Cl.NCC1CCN(C(=O)c2ccc(-c3ccc(OC(F)(F)F)cc3)s2)CC1. The number of hydrogen-bond acceptors (Lipinski definition) is 4. The summed E-state index contributed by atoms with van der Waals surface area (Å²) in [6.07, 6.45) is -2.87. The van der Waals surface area contributed by atoms with Gasteiger partial charge in [-0.15, -0.1) is 36.9 Å². The van der Waals surface area contributed by atoms with E-state index in [1.807, 2.05) is 11.0 Å². The Kier molecular flexibility index (Phi) is 7.13. The maximum absolute atomic E-state index is 12.6. The van der Waals surface area contributed by atoms with Gasteiger partial charge in [-0.05, 0) is 67.3 Å². The third-order valence-electron chi connectivity index (χ3n) is 4.42. The van der Waals surface area contributed by atoms with E-state index in [-0.39, 0.29) is 24.1 Å². The number of nitrogens with zero attached hydrogens (tertiary/aromatic N) is 1. The third-order valence-corrected chi connectivity index (χ3v) is 5.55. The third kappa shape index (κ3) is 5.60. The Labute approximate surface area is 165 Å². The minimum Gasteiger partial charge on any atom is -0.406 e. The number of carbonyl (C=O) groups excluding carboxylic acids is 1. The normalized spacial score (nSPS) is 15.3. The van der Waals surface area contributed by atoms with Crippen molar-refractivity contribution < 1.29 is 22.7 Å². The maximum atomic E-state index is 12.6. The van der Waals surface area contributed by atoms with E-state index in [2.05, 4.69) is 4.74 Å². The molecule has 0 bridgehead atoms. The molecular formula is C18H20ClF3N2O2S. The molecule has 148 valence electrons.